The molecule has 0 aromatic carbocycles. The van der Waals surface area contributed by atoms with Crippen molar-refractivity contribution in [2.75, 3.05) is 0 Å². The second kappa shape index (κ2) is 2.25. The molecule has 2 nitrogen and oxygen atoms in total. The predicted molar refractivity (Wildman–Crippen MR) is 36.0 cm³/mol. The van der Waals surface area contributed by atoms with Crippen LogP contribution in [0.2, 0.25) is 0 Å². The molecule has 0 N–H and O–H groups in total. The maximum absolute atomic E-state index is 12.5. The number of nitrogens with zero attached hydrogens (tertiary/aromatic N) is 2. The highest BCUT2D eigenvalue weighted by atomic mass is 19.1. The molecule has 9 heavy (non-hydrogen) atoms. The highest BCUT2D eigenvalue weighted by Gasteiger charge is 2.15. The van der Waals surface area contributed by atoms with Gasteiger partial charge in [0.25, 0.3) is 0 Å². The molecule has 2 atom stereocenters. The molecule has 0 fully saturated rings. The standard InChI is InChI=1S/C6H9FN2/c1-4-6(7)3-8-5(2)9-4/h3-4,6H,1-2H3/t4-,6?/m0/s1. The highest BCUT2D eigenvalue weighted by Crippen LogP contribution is 2.05. The lowest BCUT2D eigenvalue weighted by Gasteiger charge is -2.11. The van der Waals surface area contributed by atoms with E-state index in [2.05, 4.69) is 9.98 Å². The smallest absolute Gasteiger partial charge is 0.157 e. The van der Waals surface area contributed by atoms with Crippen molar-refractivity contribution in [3.8, 4) is 0 Å². The minimum Gasteiger partial charge on any atom is -0.264 e. The van der Waals surface area contributed by atoms with Crippen LogP contribution in [0.3, 0.4) is 0 Å². The summed E-state index contributed by atoms with van der Waals surface area (Å²) in [6.45, 7) is 3.50. The topological polar surface area (TPSA) is 24.7 Å². The van der Waals surface area contributed by atoms with Gasteiger partial charge in [0.2, 0.25) is 0 Å². The Morgan fingerprint density at radius 3 is 2.78 bits per heavy atom. The molecule has 0 radical (unpaired) electrons. The van der Waals surface area contributed by atoms with E-state index in [1.165, 1.54) is 6.21 Å². The first-order chi connectivity index (χ1) is 4.20. The quantitative estimate of drug-likeness (QED) is 0.468. The maximum Gasteiger partial charge on any atom is 0.157 e. The number of hydrogen-bond acceptors (Lipinski definition) is 2. The van der Waals surface area contributed by atoms with Crippen molar-refractivity contribution in [2.45, 2.75) is 26.1 Å². The number of rotatable bonds is 0. The van der Waals surface area contributed by atoms with Gasteiger partial charge in [-0.1, -0.05) is 0 Å². The molecule has 0 aromatic heterocycles. The SMILES string of the molecule is CC1=N[C@@H](C)C(F)C=N1. The predicted octanol–water partition coefficient (Wildman–Crippen LogP) is 1.22. The largest absolute Gasteiger partial charge is 0.264 e. The zero-order chi connectivity index (χ0) is 6.85. The molecule has 50 valence electrons. The summed E-state index contributed by atoms with van der Waals surface area (Å²) in [5, 5.41) is 0. The molecule has 1 aliphatic heterocycles. The van der Waals surface area contributed by atoms with Crippen LogP contribution in [-0.2, 0) is 0 Å². The van der Waals surface area contributed by atoms with Gasteiger partial charge in [0.05, 0.1) is 6.04 Å². The number of halogens is 1. The second-order valence-electron chi connectivity index (χ2n) is 2.14. The average molecular weight is 128 g/mol. The van der Waals surface area contributed by atoms with Crippen LogP contribution in [0, 0.1) is 0 Å². The molecule has 0 bridgehead atoms. The fourth-order valence-electron chi connectivity index (χ4n) is 0.703. The third-order valence-electron chi connectivity index (χ3n) is 1.26. The van der Waals surface area contributed by atoms with E-state index in [1.54, 1.807) is 13.8 Å². The monoisotopic (exact) mass is 128 g/mol. The summed E-state index contributed by atoms with van der Waals surface area (Å²) in [5.41, 5.74) is 0. The molecule has 0 spiro atoms. The summed E-state index contributed by atoms with van der Waals surface area (Å²) in [4.78, 5) is 7.62. The van der Waals surface area contributed by atoms with Crippen LogP contribution in [0.25, 0.3) is 0 Å². The van der Waals surface area contributed by atoms with E-state index in [-0.39, 0.29) is 6.04 Å². The van der Waals surface area contributed by atoms with Crippen LogP contribution in [0.5, 0.6) is 0 Å². The molecule has 1 aliphatic rings. The lowest BCUT2D eigenvalue weighted by atomic mass is 10.2. The zero-order valence-electron chi connectivity index (χ0n) is 5.50. The van der Waals surface area contributed by atoms with Crippen molar-refractivity contribution >= 4 is 12.1 Å². The van der Waals surface area contributed by atoms with E-state index in [1.807, 2.05) is 0 Å². The van der Waals surface area contributed by atoms with Crippen LogP contribution >= 0.6 is 0 Å². The number of amidine groups is 1. The van der Waals surface area contributed by atoms with Gasteiger partial charge >= 0.3 is 0 Å². The second-order valence-corrected chi connectivity index (χ2v) is 2.14. The summed E-state index contributed by atoms with van der Waals surface area (Å²) in [6, 6.07) is -0.248. The average Bonchev–Trinajstić information content (AvgIpc) is 1.80. The van der Waals surface area contributed by atoms with Gasteiger partial charge < -0.3 is 0 Å². The Morgan fingerprint density at radius 1 is 1.67 bits per heavy atom. The Labute approximate surface area is 53.5 Å². The molecule has 3 heteroatoms. The molecular formula is C6H9FN2. The Hall–Kier alpha value is -0.730. The number of hydrogen-bond donors (Lipinski definition) is 0. The van der Waals surface area contributed by atoms with Crippen molar-refractivity contribution < 1.29 is 4.39 Å². The molecule has 0 saturated heterocycles. The van der Waals surface area contributed by atoms with Crippen molar-refractivity contribution in [1.82, 2.24) is 0 Å². The fourth-order valence-corrected chi connectivity index (χ4v) is 0.703. The van der Waals surface area contributed by atoms with Crippen LogP contribution in [0.1, 0.15) is 13.8 Å². The maximum atomic E-state index is 12.5. The lowest BCUT2D eigenvalue weighted by molar-refractivity contribution is 0.380. The molecule has 0 saturated carbocycles. The van der Waals surface area contributed by atoms with Crippen LogP contribution in [0.4, 0.5) is 4.39 Å². The Balaban J connectivity index is 2.70. The summed E-state index contributed by atoms with van der Waals surface area (Å²) in [6.07, 6.45) is 0.307. The van der Waals surface area contributed by atoms with Gasteiger partial charge in [-0.05, 0) is 13.8 Å². The number of aliphatic imine (C=N–C) groups is 2. The van der Waals surface area contributed by atoms with Gasteiger partial charge in [0.1, 0.15) is 5.84 Å². The van der Waals surface area contributed by atoms with Crippen molar-refractivity contribution in [3.05, 3.63) is 0 Å². The third kappa shape index (κ3) is 1.34. The summed E-state index contributed by atoms with van der Waals surface area (Å²) < 4.78 is 12.5. The van der Waals surface area contributed by atoms with E-state index in [0.717, 1.165) is 0 Å². The fraction of sp³-hybridized carbons (Fsp3) is 0.667. The van der Waals surface area contributed by atoms with Gasteiger partial charge in [0, 0.05) is 6.21 Å². The molecule has 0 amide bonds. The van der Waals surface area contributed by atoms with E-state index >= 15 is 0 Å². The number of alkyl halides is 1. The Kier molecular flexibility index (Phi) is 1.60. The van der Waals surface area contributed by atoms with Crippen molar-refractivity contribution in [3.63, 3.8) is 0 Å². The van der Waals surface area contributed by atoms with Gasteiger partial charge in [-0.3, -0.25) is 4.99 Å². The first-order valence-electron chi connectivity index (χ1n) is 2.93. The molecule has 1 unspecified atom stereocenters. The van der Waals surface area contributed by atoms with Crippen molar-refractivity contribution in [1.29, 1.82) is 0 Å². The van der Waals surface area contributed by atoms with E-state index < -0.39 is 6.17 Å². The van der Waals surface area contributed by atoms with Gasteiger partial charge in [-0.2, -0.15) is 0 Å². The highest BCUT2D eigenvalue weighted by molar-refractivity contribution is 5.91. The van der Waals surface area contributed by atoms with E-state index in [0.29, 0.717) is 5.84 Å². The third-order valence-corrected chi connectivity index (χ3v) is 1.26. The Morgan fingerprint density at radius 2 is 2.33 bits per heavy atom. The van der Waals surface area contributed by atoms with Crippen molar-refractivity contribution in [2.24, 2.45) is 9.98 Å². The van der Waals surface area contributed by atoms with Gasteiger partial charge in [-0.25, -0.2) is 9.38 Å². The minimum absolute atomic E-state index is 0.248. The Bertz CT molecular complexity index is 162. The molecule has 0 aromatic rings. The molecular weight excluding hydrogens is 119 g/mol. The van der Waals surface area contributed by atoms with Crippen LogP contribution < -0.4 is 0 Å². The molecule has 0 aliphatic carbocycles. The molecule has 1 heterocycles. The normalized spacial score (nSPS) is 34.3. The summed E-state index contributed by atoms with van der Waals surface area (Å²) in [5.74, 6) is 0.663. The van der Waals surface area contributed by atoms with Crippen LogP contribution in [0.15, 0.2) is 9.98 Å². The zero-order valence-corrected chi connectivity index (χ0v) is 5.50. The molecule has 1 rings (SSSR count). The first kappa shape index (κ1) is 6.39. The lowest BCUT2D eigenvalue weighted by Crippen LogP contribution is -2.22. The summed E-state index contributed by atoms with van der Waals surface area (Å²) in [7, 11) is 0. The van der Waals surface area contributed by atoms with E-state index in [4.69, 9.17) is 0 Å². The van der Waals surface area contributed by atoms with Crippen LogP contribution in [-0.4, -0.2) is 24.3 Å². The summed E-state index contributed by atoms with van der Waals surface area (Å²) >= 11 is 0. The first-order valence-corrected chi connectivity index (χ1v) is 2.93. The minimum atomic E-state index is -0.992. The van der Waals surface area contributed by atoms with E-state index in [9.17, 15) is 4.39 Å². The van der Waals surface area contributed by atoms with Gasteiger partial charge in [0.15, 0.2) is 6.17 Å². The van der Waals surface area contributed by atoms with Gasteiger partial charge in [-0.15, -0.1) is 0 Å².